The van der Waals surface area contributed by atoms with E-state index in [0.29, 0.717) is 27.5 Å². The molecule has 0 fully saturated rings. The highest BCUT2D eigenvalue weighted by molar-refractivity contribution is 7.90. The normalized spacial score (nSPS) is 11.2. The second-order valence-corrected chi connectivity index (χ2v) is 10.1. The maximum absolute atomic E-state index is 13.0. The summed E-state index contributed by atoms with van der Waals surface area (Å²) in [6.45, 7) is 3.89. The highest BCUT2D eigenvalue weighted by Gasteiger charge is 2.19. The van der Waals surface area contributed by atoms with E-state index in [-0.39, 0.29) is 10.6 Å². The molecule has 0 saturated heterocycles. The van der Waals surface area contributed by atoms with Gasteiger partial charge in [0.25, 0.3) is 0 Å². The molecule has 168 valence electrons. The molecule has 2 amide bonds. The smallest absolute Gasteiger partial charge is 0.308 e. The number of hydrogen-bond donors (Lipinski definition) is 2. The lowest BCUT2D eigenvalue weighted by Crippen LogP contribution is -2.19. The SMILES string of the molecule is CCCCc1ccc(NC(=O)Nc2ccc(C)c(S(=O)(=O)Cc3ccc(Cl)cc3)c2)cc1. The Morgan fingerprint density at radius 2 is 1.47 bits per heavy atom. The highest BCUT2D eigenvalue weighted by atomic mass is 35.5. The molecule has 3 aromatic carbocycles. The van der Waals surface area contributed by atoms with Crippen molar-refractivity contribution in [2.24, 2.45) is 0 Å². The molecule has 0 saturated carbocycles. The summed E-state index contributed by atoms with van der Waals surface area (Å²) in [5.41, 5.74) is 3.57. The molecule has 0 unspecified atom stereocenters. The van der Waals surface area contributed by atoms with Crippen molar-refractivity contribution >= 4 is 38.8 Å². The van der Waals surface area contributed by atoms with Crippen LogP contribution in [0.5, 0.6) is 0 Å². The second-order valence-electron chi connectivity index (χ2n) is 7.75. The Bertz CT molecular complexity index is 1170. The first-order valence-electron chi connectivity index (χ1n) is 10.5. The molecule has 0 atom stereocenters. The van der Waals surface area contributed by atoms with Crippen molar-refractivity contribution in [1.82, 2.24) is 0 Å². The first kappa shape index (κ1) is 23.8. The highest BCUT2D eigenvalue weighted by Crippen LogP contribution is 2.25. The van der Waals surface area contributed by atoms with Crippen molar-refractivity contribution in [2.45, 2.75) is 43.8 Å². The number of urea groups is 1. The van der Waals surface area contributed by atoms with Gasteiger partial charge in [-0.1, -0.05) is 55.3 Å². The van der Waals surface area contributed by atoms with Gasteiger partial charge >= 0.3 is 6.03 Å². The third-order valence-electron chi connectivity index (χ3n) is 5.08. The fraction of sp³-hybridized carbons (Fsp3) is 0.240. The van der Waals surface area contributed by atoms with Gasteiger partial charge in [0.15, 0.2) is 9.84 Å². The third-order valence-corrected chi connectivity index (χ3v) is 7.16. The van der Waals surface area contributed by atoms with E-state index >= 15 is 0 Å². The third kappa shape index (κ3) is 6.58. The first-order chi connectivity index (χ1) is 15.3. The Balaban J connectivity index is 1.69. The standard InChI is InChI=1S/C25H27ClN2O3S/c1-3-4-5-19-9-14-22(15-10-19)27-25(29)28-23-13-6-18(2)24(16-23)32(30,31)17-20-7-11-21(26)12-8-20/h6-16H,3-5,17H2,1-2H3,(H2,27,28,29). The molecule has 7 heteroatoms. The average Bonchev–Trinajstić information content (AvgIpc) is 2.76. The fourth-order valence-corrected chi connectivity index (χ4v) is 5.10. The van der Waals surface area contributed by atoms with E-state index in [0.717, 1.165) is 19.3 Å². The Morgan fingerprint density at radius 3 is 2.12 bits per heavy atom. The average molecular weight is 471 g/mol. The summed E-state index contributed by atoms with van der Waals surface area (Å²) in [4.78, 5) is 12.6. The lowest BCUT2D eigenvalue weighted by Gasteiger charge is -2.12. The lowest BCUT2D eigenvalue weighted by atomic mass is 10.1. The summed E-state index contributed by atoms with van der Waals surface area (Å²) < 4.78 is 26.0. The molecule has 3 rings (SSSR count). The Hall–Kier alpha value is -2.83. The zero-order chi connectivity index (χ0) is 23.1. The molecule has 32 heavy (non-hydrogen) atoms. The summed E-state index contributed by atoms with van der Waals surface area (Å²) in [5.74, 6) is -0.148. The predicted molar refractivity (Wildman–Crippen MR) is 131 cm³/mol. The van der Waals surface area contributed by atoms with Crippen molar-refractivity contribution in [1.29, 1.82) is 0 Å². The van der Waals surface area contributed by atoms with Crippen LogP contribution in [0.25, 0.3) is 0 Å². The van der Waals surface area contributed by atoms with Gasteiger partial charge in [0.1, 0.15) is 0 Å². The molecule has 0 heterocycles. The van der Waals surface area contributed by atoms with Gasteiger partial charge in [-0.15, -0.1) is 0 Å². The number of benzene rings is 3. The van der Waals surface area contributed by atoms with Gasteiger partial charge < -0.3 is 10.6 Å². The summed E-state index contributed by atoms with van der Waals surface area (Å²) in [6, 6.07) is 18.9. The number of carbonyl (C=O) groups is 1. The van der Waals surface area contributed by atoms with E-state index in [2.05, 4.69) is 17.6 Å². The molecule has 0 aliphatic rings. The lowest BCUT2D eigenvalue weighted by molar-refractivity contribution is 0.262. The molecule has 0 aromatic heterocycles. The van der Waals surface area contributed by atoms with E-state index in [1.807, 2.05) is 24.3 Å². The van der Waals surface area contributed by atoms with Gasteiger partial charge in [-0.2, -0.15) is 0 Å². The molecule has 0 bridgehead atoms. The molecule has 3 aromatic rings. The number of halogens is 1. The number of aryl methyl sites for hydroxylation is 2. The van der Waals surface area contributed by atoms with Crippen LogP contribution in [0, 0.1) is 6.92 Å². The number of hydrogen-bond acceptors (Lipinski definition) is 3. The molecule has 0 aliphatic heterocycles. The van der Waals surface area contributed by atoms with Crippen LogP contribution < -0.4 is 10.6 Å². The van der Waals surface area contributed by atoms with Gasteiger partial charge in [-0.25, -0.2) is 13.2 Å². The largest absolute Gasteiger partial charge is 0.323 e. The first-order valence-corrected chi connectivity index (χ1v) is 12.5. The van der Waals surface area contributed by atoms with Crippen LogP contribution in [-0.2, 0) is 22.0 Å². The molecule has 2 N–H and O–H groups in total. The minimum atomic E-state index is -3.60. The molecular weight excluding hydrogens is 444 g/mol. The van der Waals surface area contributed by atoms with Crippen LogP contribution in [0.15, 0.2) is 71.6 Å². The van der Waals surface area contributed by atoms with Gasteiger partial charge in [0, 0.05) is 16.4 Å². The molecule has 0 radical (unpaired) electrons. The Kier molecular flexibility index (Phi) is 7.94. The van der Waals surface area contributed by atoms with Gasteiger partial charge in [-0.05, 0) is 72.9 Å². The summed E-state index contributed by atoms with van der Waals surface area (Å²) in [7, 11) is -3.60. The number of nitrogens with one attached hydrogen (secondary N) is 2. The van der Waals surface area contributed by atoms with Crippen molar-refractivity contribution in [2.75, 3.05) is 10.6 Å². The van der Waals surface area contributed by atoms with Crippen LogP contribution in [0.1, 0.15) is 36.5 Å². The predicted octanol–water partition coefficient (Wildman–Crippen LogP) is 6.61. The number of rotatable bonds is 8. The summed E-state index contributed by atoms with van der Waals surface area (Å²) in [5, 5.41) is 6.05. The van der Waals surface area contributed by atoms with Gasteiger partial charge in [0.2, 0.25) is 0 Å². The maximum atomic E-state index is 13.0. The van der Waals surface area contributed by atoms with E-state index in [4.69, 9.17) is 11.6 Å². The molecule has 5 nitrogen and oxygen atoms in total. The number of carbonyl (C=O) groups excluding carboxylic acids is 1. The topological polar surface area (TPSA) is 75.3 Å². The van der Waals surface area contributed by atoms with E-state index < -0.39 is 15.9 Å². The van der Waals surface area contributed by atoms with Crippen LogP contribution >= 0.6 is 11.6 Å². The number of sulfone groups is 1. The second kappa shape index (κ2) is 10.7. The molecular formula is C25H27ClN2O3S. The minimum Gasteiger partial charge on any atom is -0.308 e. The number of anilines is 2. The van der Waals surface area contributed by atoms with Crippen LogP contribution in [-0.4, -0.2) is 14.4 Å². The van der Waals surface area contributed by atoms with E-state index in [9.17, 15) is 13.2 Å². The fourth-order valence-electron chi connectivity index (χ4n) is 3.32. The molecule has 0 spiro atoms. The monoisotopic (exact) mass is 470 g/mol. The Morgan fingerprint density at radius 1 is 0.875 bits per heavy atom. The quantitative estimate of drug-likeness (QED) is 0.389. The van der Waals surface area contributed by atoms with E-state index in [1.165, 1.54) is 11.6 Å². The van der Waals surface area contributed by atoms with Crippen LogP contribution in [0.3, 0.4) is 0 Å². The van der Waals surface area contributed by atoms with Crippen molar-refractivity contribution < 1.29 is 13.2 Å². The van der Waals surface area contributed by atoms with Crippen molar-refractivity contribution in [3.63, 3.8) is 0 Å². The number of amides is 2. The molecule has 0 aliphatic carbocycles. The minimum absolute atomic E-state index is 0.148. The zero-order valence-electron chi connectivity index (χ0n) is 18.2. The van der Waals surface area contributed by atoms with E-state index in [1.54, 1.807) is 43.3 Å². The van der Waals surface area contributed by atoms with Gasteiger partial charge in [-0.3, -0.25) is 0 Å². The summed E-state index contributed by atoms with van der Waals surface area (Å²) in [6.07, 6.45) is 3.28. The van der Waals surface area contributed by atoms with Crippen molar-refractivity contribution in [3.05, 3.63) is 88.4 Å². The van der Waals surface area contributed by atoms with Crippen molar-refractivity contribution in [3.8, 4) is 0 Å². The zero-order valence-corrected chi connectivity index (χ0v) is 19.8. The summed E-state index contributed by atoms with van der Waals surface area (Å²) >= 11 is 5.88. The number of unbranched alkanes of at least 4 members (excludes halogenated alkanes) is 1. The Labute approximate surface area is 194 Å². The van der Waals surface area contributed by atoms with Gasteiger partial charge in [0.05, 0.1) is 10.6 Å². The maximum Gasteiger partial charge on any atom is 0.323 e. The van der Waals surface area contributed by atoms with Crippen LogP contribution in [0.4, 0.5) is 16.2 Å². The van der Waals surface area contributed by atoms with Crippen LogP contribution in [0.2, 0.25) is 5.02 Å².